The maximum absolute atomic E-state index is 11.6. The van der Waals surface area contributed by atoms with E-state index in [1.165, 1.54) is 0 Å². The molecule has 0 spiro atoms. The molecule has 0 saturated heterocycles. The average Bonchev–Trinajstić information content (AvgIpc) is 3.33. The van der Waals surface area contributed by atoms with Crippen LogP contribution in [0.25, 0.3) is 55.9 Å². The standard InChI is InChI=1S/C36H29N4O.Pt/c1-36(2,3)30-21-27(24-11-6-5-7-12-24)20-29(34(30)41)35-39-33-28(17-23(22-37)18-32(33)40(35)4)25-13-10-14-26(19-25)31-15-8-9-16-38-31;/h5-18,20-21,41H,1-4H3;/q-1;. The van der Waals surface area contributed by atoms with E-state index in [2.05, 4.69) is 56.1 Å². The zero-order chi connectivity index (χ0) is 28.7. The van der Waals surface area contributed by atoms with Crippen LogP contribution in [0.15, 0.2) is 97.2 Å². The van der Waals surface area contributed by atoms with Gasteiger partial charge in [0.1, 0.15) is 11.6 Å². The van der Waals surface area contributed by atoms with E-state index in [4.69, 9.17) is 4.98 Å². The summed E-state index contributed by atoms with van der Waals surface area (Å²) in [5.41, 5.74) is 8.61. The first-order valence-electron chi connectivity index (χ1n) is 13.5. The zero-order valence-corrected chi connectivity index (χ0v) is 26.1. The normalized spacial score (nSPS) is 11.2. The van der Waals surface area contributed by atoms with E-state index in [-0.39, 0.29) is 32.2 Å². The van der Waals surface area contributed by atoms with Gasteiger partial charge in [-0.25, -0.2) is 4.98 Å². The molecule has 2 heterocycles. The van der Waals surface area contributed by atoms with Crippen molar-refractivity contribution in [1.82, 2.24) is 14.5 Å². The van der Waals surface area contributed by atoms with Crippen molar-refractivity contribution < 1.29 is 26.2 Å². The Balaban J connectivity index is 0.00000353. The van der Waals surface area contributed by atoms with Crippen LogP contribution in [0, 0.1) is 17.4 Å². The van der Waals surface area contributed by atoms with Gasteiger partial charge >= 0.3 is 0 Å². The fourth-order valence-electron chi connectivity index (χ4n) is 5.27. The molecule has 42 heavy (non-hydrogen) atoms. The van der Waals surface area contributed by atoms with Crippen molar-refractivity contribution >= 4 is 11.0 Å². The predicted molar refractivity (Wildman–Crippen MR) is 164 cm³/mol. The molecule has 0 fully saturated rings. The summed E-state index contributed by atoms with van der Waals surface area (Å²) in [5.74, 6) is 0.833. The van der Waals surface area contributed by atoms with Crippen LogP contribution in [0.3, 0.4) is 0 Å². The Morgan fingerprint density at radius 3 is 2.26 bits per heavy atom. The van der Waals surface area contributed by atoms with Gasteiger partial charge in [-0.05, 0) is 40.8 Å². The summed E-state index contributed by atoms with van der Waals surface area (Å²) in [6.07, 6.45) is 1.76. The molecule has 0 aliphatic rings. The molecule has 0 unspecified atom stereocenters. The number of benzene rings is 4. The third-order valence-corrected chi connectivity index (χ3v) is 7.41. The number of hydrogen-bond donors (Lipinski definition) is 1. The second-order valence-corrected chi connectivity index (χ2v) is 11.2. The number of phenolic OH excluding ortho intramolecular Hbond substituents is 1. The fourth-order valence-corrected chi connectivity index (χ4v) is 5.27. The Bertz CT molecular complexity index is 1950. The maximum atomic E-state index is 11.6. The van der Waals surface area contributed by atoms with Gasteiger partial charge in [-0.1, -0.05) is 80.4 Å². The number of phenols is 1. The molecule has 0 saturated carbocycles. The van der Waals surface area contributed by atoms with Crippen LogP contribution in [0.2, 0.25) is 0 Å². The zero-order valence-electron chi connectivity index (χ0n) is 23.8. The van der Waals surface area contributed by atoms with Crippen molar-refractivity contribution in [1.29, 1.82) is 5.26 Å². The molecule has 0 amide bonds. The van der Waals surface area contributed by atoms with E-state index in [0.717, 1.165) is 50.1 Å². The van der Waals surface area contributed by atoms with Gasteiger partial charge in [0, 0.05) is 51.1 Å². The summed E-state index contributed by atoms with van der Waals surface area (Å²) in [4.78, 5) is 9.59. The van der Waals surface area contributed by atoms with Crippen molar-refractivity contribution in [2.24, 2.45) is 7.05 Å². The minimum Gasteiger partial charge on any atom is -0.507 e. The molecule has 0 atom stereocenters. The molecular formula is C36H29N4OPt-. The maximum Gasteiger partial charge on any atom is 0.143 e. The molecule has 0 bridgehead atoms. The predicted octanol–water partition coefficient (Wildman–Crippen LogP) is 8.31. The van der Waals surface area contributed by atoms with Crippen LogP contribution < -0.4 is 0 Å². The summed E-state index contributed by atoms with van der Waals surface area (Å²) < 4.78 is 1.96. The Kier molecular flexibility index (Phi) is 7.86. The number of aryl methyl sites for hydroxylation is 1. The minimum absolute atomic E-state index is 0. The van der Waals surface area contributed by atoms with Gasteiger partial charge in [-0.2, -0.15) is 5.26 Å². The number of imidazole rings is 1. The molecule has 4 aromatic carbocycles. The molecular weight excluding hydrogens is 700 g/mol. The number of aromatic hydroxyl groups is 1. The second kappa shape index (κ2) is 11.4. The number of nitriles is 1. The molecule has 1 N–H and O–H groups in total. The third-order valence-electron chi connectivity index (χ3n) is 7.41. The van der Waals surface area contributed by atoms with E-state index in [1.807, 2.05) is 84.4 Å². The van der Waals surface area contributed by atoms with Crippen LogP contribution in [-0.4, -0.2) is 19.6 Å². The van der Waals surface area contributed by atoms with Crippen LogP contribution in [0.5, 0.6) is 5.75 Å². The first-order chi connectivity index (χ1) is 19.7. The van der Waals surface area contributed by atoms with Crippen molar-refractivity contribution in [3.05, 3.63) is 114 Å². The van der Waals surface area contributed by atoms with E-state index in [1.54, 1.807) is 6.20 Å². The van der Waals surface area contributed by atoms with E-state index in [9.17, 15) is 10.4 Å². The molecule has 210 valence electrons. The van der Waals surface area contributed by atoms with Crippen molar-refractivity contribution in [3.63, 3.8) is 0 Å². The van der Waals surface area contributed by atoms with Crippen LogP contribution >= 0.6 is 0 Å². The molecule has 6 aromatic rings. The van der Waals surface area contributed by atoms with Gasteiger partial charge < -0.3 is 9.67 Å². The fraction of sp³-hybridized carbons (Fsp3) is 0.139. The van der Waals surface area contributed by atoms with Gasteiger partial charge in [-0.15, -0.1) is 29.8 Å². The summed E-state index contributed by atoms with van der Waals surface area (Å²) >= 11 is 0. The van der Waals surface area contributed by atoms with Crippen molar-refractivity contribution in [3.8, 4) is 56.7 Å². The first kappa shape index (κ1) is 29.0. The van der Waals surface area contributed by atoms with Gasteiger partial charge in [-0.3, -0.25) is 4.98 Å². The SMILES string of the molecule is Cn1c(-c2cc(-c3ccccc3)cc(C(C)(C)C)c2O)nc2c(-c3[c-]c(-c4ccccn4)ccc3)cc(C#N)cc21.[Pt]. The Labute approximate surface area is 260 Å². The average molecular weight is 729 g/mol. The molecule has 0 aliphatic heterocycles. The number of rotatable bonds is 4. The van der Waals surface area contributed by atoms with E-state index < -0.39 is 0 Å². The minimum atomic E-state index is -0.297. The first-order valence-corrected chi connectivity index (χ1v) is 13.5. The summed E-state index contributed by atoms with van der Waals surface area (Å²) in [6.45, 7) is 6.28. The largest absolute Gasteiger partial charge is 0.507 e. The molecule has 6 rings (SSSR count). The topological polar surface area (TPSA) is 74.7 Å². The molecule has 2 aromatic heterocycles. The Hall–Kier alpha value is -4.52. The monoisotopic (exact) mass is 728 g/mol. The molecule has 6 heteroatoms. The van der Waals surface area contributed by atoms with E-state index in [0.29, 0.717) is 17.0 Å². The molecule has 5 nitrogen and oxygen atoms in total. The Morgan fingerprint density at radius 2 is 1.57 bits per heavy atom. The second-order valence-electron chi connectivity index (χ2n) is 11.2. The number of fused-ring (bicyclic) bond motifs is 1. The number of nitrogens with zero attached hydrogens (tertiary/aromatic N) is 4. The summed E-state index contributed by atoms with van der Waals surface area (Å²) in [5, 5.41) is 21.5. The molecule has 0 aliphatic carbocycles. The number of pyridine rings is 1. The summed E-state index contributed by atoms with van der Waals surface area (Å²) in [6, 6.07) is 35.4. The van der Waals surface area contributed by atoms with Crippen molar-refractivity contribution in [2.45, 2.75) is 26.2 Å². The number of aromatic nitrogens is 3. The number of hydrogen-bond acceptors (Lipinski definition) is 4. The van der Waals surface area contributed by atoms with Gasteiger partial charge in [0.15, 0.2) is 0 Å². The van der Waals surface area contributed by atoms with Crippen molar-refractivity contribution in [2.75, 3.05) is 0 Å². The van der Waals surface area contributed by atoms with Gasteiger partial charge in [0.2, 0.25) is 0 Å². The Morgan fingerprint density at radius 1 is 0.833 bits per heavy atom. The van der Waals surface area contributed by atoms with Crippen LogP contribution in [0.4, 0.5) is 0 Å². The van der Waals surface area contributed by atoms with E-state index >= 15 is 0 Å². The smallest absolute Gasteiger partial charge is 0.143 e. The van der Waals surface area contributed by atoms with Gasteiger partial charge in [0.25, 0.3) is 0 Å². The van der Waals surface area contributed by atoms with Crippen LogP contribution in [-0.2, 0) is 33.5 Å². The third kappa shape index (κ3) is 5.27. The van der Waals surface area contributed by atoms with Gasteiger partial charge in [0.05, 0.1) is 22.7 Å². The van der Waals surface area contributed by atoms with Crippen LogP contribution in [0.1, 0.15) is 31.9 Å². The summed E-state index contributed by atoms with van der Waals surface area (Å²) in [7, 11) is 1.93. The quantitative estimate of drug-likeness (QED) is 0.186. The molecule has 0 radical (unpaired) electrons.